The number of ether oxygens (including phenoxy) is 1. The molecule has 17 heavy (non-hydrogen) atoms. The Labute approximate surface area is 102 Å². The Morgan fingerprint density at radius 3 is 2.47 bits per heavy atom. The minimum absolute atomic E-state index is 0.0260. The average molecular weight is 233 g/mol. The van der Waals surface area contributed by atoms with Crippen molar-refractivity contribution in [2.45, 2.75) is 38.6 Å². The molecule has 1 aromatic carbocycles. The first kappa shape index (κ1) is 12.1. The van der Waals surface area contributed by atoms with Crippen molar-refractivity contribution < 1.29 is 9.53 Å². The molecular formula is C14H19NO2. The third-order valence-corrected chi connectivity index (χ3v) is 3.59. The number of Topliss-reactive ketones (excluding diaryl/α,β-unsaturated/α-hetero) is 1. The number of hydrogen-bond donors (Lipinski definition) is 1. The van der Waals surface area contributed by atoms with Crippen LogP contribution in [-0.4, -0.2) is 18.4 Å². The first-order valence-electron chi connectivity index (χ1n) is 5.97. The van der Waals surface area contributed by atoms with Gasteiger partial charge in [-0.25, -0.2) is 0 Å². The highest BCUT2D eigenvalue weighted by atomic mass is 16.5. The Bertz CT molecular complexity index is 462. The van der Waals surface area contributed by atoms with Crippen molar-refractivity contribution in [1.82, 2.24) is 0 Å². The van der Waals surface area contributed by atoms with E-state index < -0.39 is 5.54 Å². The van der Waals surface area contributed by atoms with E-state index in [9.17, 15) is 4.79 Å². The van der Waals surface area contributed by atoms with Crippen molar-refractivity contribution >= 4 is 5.78 Å². The summed E-state index contributed by atoms with van der Waals surface area (Å²) in [5.41, 5.74) is 8.14. The minimum atomic E-state index is -0.659. The largest absolute Gasteiger partial charge is 0.496 e. The summed E-state index contributed by atoms with van der Waals surface area (Å²) in [5, 5.41) is 0. The molecule has 0 amide bonds. The second-order valence-electron chi connectivity index (χ2n) is 5.00. The lowest BCUT2D eigenvalue weighted by Crippen LogP contribution is -2.53. The average Bonchev–Trinajstić information content (AvgIpc) is 2.23. The van der Waals surface area contributed by atoms with E-state index in [1.165, 1.54) is 0 Å². The normalized spacial score (nSPS) is 17.4. The minimum Gasteiger partial charge on any atom is -0.496 e. The zero-order chi connectivity index (χ0) is 12.6. The van der Waals surface area contributed by atoms with Crippen molar-refractivity contribution in [1.29, 1.82) is 0 Å². The summed E-state index contributed by atoms with van der Waals surface area (Å²) in [4.78, 5) is 12.5. The zero-order valence-corrected chi connectivity index (χ0v) is 10.7. The van der Waals surface area contributed by atoms with Crippen molar-refractivity contribution in [3.63, 3.8) is 0 Å². The molecule has 0 radical (unpaired) electrons. The number of methoxy groups -OCH3 is 1. The quantitative estimate of drug-likeness (QED) is 0.815. The van der Waals surface area contributed by atoms with Gasteiger partial charge in [0.25, 0.3) is 0 Å². The molecule has 0 aromatic heterocycles. The molecule has 2 N–H and O–H groups in total. The number of carbonyl (C=O) groups is 1. The van der Waals surface area contributed by atoms with Crippen LogP contribution >= 0.6 is 0 Å². The van der Waals surface area contributed by atoms with Crippen LogP contribution in [0.25, 0.3) is 0 Å². The van der Waals surface area contributed by atoms with Gasteiger partial charge in [-0.2, -0.15) is 0 Å². The predicted molar refractivity (Wildman–Crippen MR) is 67.6 cm³/mol. The van der Waals surface area contributed by atoms with Crippen molar-refractivity contribution in [2.24, 2.45) is 5.73 Å². The van der Waals surface area contributed by atoms with Gasteiger partial charge in [-0.1, -0.05) is 6.07 Å². The number of nitrogens with two attached hydrogens (primary N) is 1. The Hall–Kier alpha value is -1.35. The smallest absolute Gasteiger partial charge is 0.186 e. The van der Waals surface area contributed by atoms with Gasteiger partial charge in [-0.3, -0.25) is 4.79 Å². The Morgan fingerprint density at radius 2 is 2.00 bits per heavy atom. The van der Waals surface area contributed by atoms with Gasteiger partial charge in [0.1, 0.15) is 5.75 Å². The molecule has 1 fully saturated rings. The molecule has 0 aliphatic heterocycles. The van der Waals surface area contributed by atoms with Crippen LogP contribution in [0, 0.1) is 13.8 Å². The maximum atomic E-state index is 12.5. The second kappa shape index (κ2) is 4.15. The SMILES string of the molecule is COc1cc(C)cc(C)c1C(=O)C1(N)CCC1. The van der Waals surface area contributed by atoms with E-state index in [2.05, 4.69) is 0 Å². The Morgan fingerprint density at radius 1 is 1.35 bits per heavy atom. The van der Waals surface area contributed by atoms with Crippen LogP contribution < -0.4 is 10.5 Å². The molecule has 3 nitrogen and oxygen atoms in total. The van der Waals surface area contributed by atoms with Crippen molar-refractivity contribution in [3.05, 3.63) is 28.8 Å². The number of benzene rings is 1. The molecule has 2 rings (SSSR count). The van der Waals surface area contributed by atoms with Gasteiger partial charge in [0.05, 0.1) is 18.2 Å². The molecule has 3 heteroatoms. The molecule has 1 saturated carbocycles. The molecule has 0 bridgehead atoms. The number of aryl methyl sites for hydroxylation is 2. The maximum Gasteiger partial charge on any atom is 0.186 e. The molecule has 1 aromatic rings. The van der Waals surface area contributed by atoms with Gasteiger partial charge in [-0.15, -0.1) is 0 Å². The van der Waals surface area contributed by atoms with E-state index >= 15 is 0 Å². The molecular weight excluding hydrogens is 214 g/mol. The van der Waals surface area contributed by atoms with Crippen LogP contribution in [0.3, 0.4) is 0 Å². The summed E-state index contributed by atoms with van der Waals surface area (Å²) in [6, 6.07) is 3.89. The Kier molecular flexibility index (Phi) is 2.96. The summed E-state index contributed by atoms with van der Waals surface area (Å²) in [5.74, 6) is 0.669. The highest BCUT2D eigenvalue weighted by molar-refractivity contribution is 6.06. The van der Waals surface area contributed by atoms with Gasteiger partial charge < -0.3 is 10.5 Å². The lowest BCUT2D eigenvalue weighted by molar-refractivity contribution is 0.0796. The van der Waals surface area contributed by atoms with E-state index in [1.54, 1.807) is 7.11 Å². The van der Waals surface area contributed by atoms with E-state index in [0.29, 0.717) is 11.3 Å². The van der Waals surface area contributed by atoms with Crippen LogP contribution in [0.4, 0.5) is 0 Å². The van der Waals surface area contributed by atoms with Gasteiger partial charge in [0.15, 0.2) is 5.78 Å². The topological polar surface area (TPSA) is 52.3 Å². The molecule has 0 atom stereocenters. The zero-order valence-electron chi connectivity index (χ0n) is 10.7. The number of hydrogen-bond acceptors (Lipinski definition) is 3. The van der Waals surface area contributed by atoms with Crippen LogP contribution in [0.1, 0.15) is 40.7 Å². The highest BCUT2D eigenvalue weighted by Crippen LogP contribution is 2.36. The van der Waals surface area contributed by atoms with Crippen LogP contribution in [0.15, 0.2) is 12.1 Å². The van der Waals surface area contributed by atoms with Crippen LogP contribution in [-0.2, 0) is 0 Å². The first-order chi connectivity index (χ1) is 7.98. The van der Waals surface area contributed by atoms with E-state index in [4.69, 9.17) is 10.5 Å². The molecule has 1 aliphatic carbocycles. The molecule has 0 saturated heterocycles. The number of rotatable bonds is 3. The van der Waals surface area contributed by atoms with Gasteiger partial charge in [0, 0.05) is 0 Å². The molecule has 0 unspecified atom stereocenters. The van der Waals surface area contributed by atoms with E-state index in [1.807, 2.05) is 26.0 Å². The standard InChI is InChI=1S/C14H19NO2/c1-9-7-10(2)12(11(8-9)17-3)13(16)14(15)5-4-6-14/h7-8H,4-6,15H2,1-3H3. The van der Waals surface area contributed by atoms with Crippen LogP contribution in [0.2, 0.25) is 0 Å². The van der Waals surface area contributed by atoms with Crippen molar-refractivity contribution in [3.8, 4) is 5.75 Å². The van der Waals surface area contributed by atoms with E-state index in [-0.39, 0.29) is 5.78 Å². The summed E-state index contributed by atoms with van der Waals surface area (Å²) < 4.78 is 5.32. The van der Waals surface area contributed by atoms with E-state index in [0.717, 1.165) is 30.4 Å². The van der Waals surface area contributed by atoms with Crippen LogP contribution in [0.5, 0.6) is 5.75 Å². The second-order valence-corrected chi connectivity index (χ2v) is 5.00. The fourth-order valence-corrected chi connectivity index (χ4v) is 2.41. The number of ketones is 1. The third-order valence-electron chi connectivity index (χ3n) is 3.59. The Balaban J connectivity index is 2.47. The van der Waals surface area contributed by atoms with Gasteiger partial charge in [-0.05, 0) is 50.3 Å². The summed E-state index contributed by atoms with van der Waals surface area (Å²) in [7, 11) is 1.59. The third kappa shape index (κ3) is 1.95. The lowest BCUT2D eigenvalue weighted by atomic mass is 9.72. The monoisotopic (exact) mass is 233 g/mol. The summed E-state index contributed by atoms with van der Waals surface area (Å²) >= 11 is 0. The maximum absolute atomic E-state index is 12.5. The molecule has 1 aliphatic rings. The molecule has 0 heterocycles. The summed E-state index contributed by atoms with van der Waals surface area (Å²) in [6.45, 7) is 3.93. The lowest BCUT2D eigenvalue weighted by Gasteiger charge is -2.37. The highest BCUT2D eigenvalue weighted by Gasteiger charge is 2.42. The predicted octanol–water partition coefficient (Wildman–Crippen LogP) is 2.38. The fourth-order valence-electron chi connectivity index (χ4n) is 2.41. The van der Waals surface area contributed by atoms with Gasteiger partial charge >= 0.3 is 0 Å². The fraction of sp³-hybridized carbons (Fsp3) is 0.500. The van der Waals surface area contributed by atoms with Gasteiger partial charge in [0.2, 0.25) is 0 Å². The van der Waals surface area contributed by atoms with Crippen molar-refractivity contribution in [2.75, 3.05) is 7.11 Å². The number of carbonyl (C=O) groups excluding carboxylic acids is 1. The molecule has 92 valence electrons. The summed E-state index contributed by atoms with van der Waals surface area (Å²) in [6.07, 6.45) is 2.60. The first-order valence-corrected chi connectivity index (χ1v) is 5.97. The molecule has 0 spiro atoms.